The minimum atomic E-state index is -0.583. The molecule has 0 aliphatic heterocycles. The molecule has 16 rings (SSSR count). The van der Waals surface area contributed by atoms with E-state index >= 15 is 0 Å². The molecule has 1 N–H and O–H groups in total. The molecule has 3 aromatic carbocycles. The minimum absolute atomic E-state index is 0.0394. The van der Waals surface area contributed by atoms with E-state index in [-0.39, 0.29) is 69.6 Å². The maximum absolute atomic E-state index is 13.7. The predicted octanol–water partition coefficient (Wildman–Crippen LogP) is 23.0. The number of hydrogen-bond acceptors (Lipinski definition) is 15. The molecule has 0 bridgehead atoms. The Hall–Kier alpha value is -10.7. The van der Waals surface area contributed by atoms with Gasteiger partial charge in [-0.05, 0) is 199 Å². The molecule has 10 aromatic rings. The fraction of sp³-hybridized carbons (Fsp3) is 0.321. The molecular weight excluding hydrogens is 1250 g/mol. The second kappa shape index (κ2) is 25.6. The normalized spacial score (nSPS) is 25.8. The smallest absolute Gasteiger partial charge is 0.176 e. The minimum Gasteiger partial charge on any atom is -0.511 e. The Balaban J connectivity index is -0.000000156. The van der Waals surface area contributed by atoms with Gasteiger partial charge in [-0.25, -0.2) is 43.1 Å². The lowest BCUT2D eigenvalue weighted by Gasteiger charge is -2.48. The molecular formula is C81H123F3N12O3. The molecule has 99 heavy (non-hydrogen) atoms. The van der Waals surface area contributed by atoms with Crippen molar-refractivity contribution in [3.63, 3.8) is 0 Å². The first-order chi connectivity index (χ1) is 72.6. The summed E-state index contributed by atoms with van der Waals surface area (Å²) in [7, 11) is 0. The number of carbonyl (C=O) groups excluding carboxylic acids is 1. The van der Waals surface area contributed by atoms with Crippen LogP contribution in [-0.2, 0) is 46.7 Å². The highest BCUT2D eigenvalue weighted by Crippen LogP contribution is 2.57. The number of nitriles is 2. The van der Waals surface area contributed by atoms with Crippen LogP contribution in [0.1, 0.15) is 210 Å². The third-order valence-corrected chi connectivity index (χ3v) is 22.1. The molecule has 0 saturated carbocycles. The highest BCUT2D eigenvalue weighted by atomic mass is 19.1. The van der Waals surface area contributed by atoms with Crippen LogP contribution in [-0.4, -0.2) is 60.9 Å². The van der Waals surface area contributed by atoms with E-state index in [9.17, 15) is 33.6 Å². The highest BCUT2D eigenvalue weighted by molar-refractivity contribution is 6.02. The third-order valence-electron chi connectivity index (χ3n) is 22.1. The van der Waals surface area contributed by atoms with Crippen LogP contribution < -0.4 is 0 Å². The van der Waals surface area contributed by atoms with E-state index in [0.717, 1.165) is 146 Å². The molecule has 0 radical (unpaired) electrons. The van der Waals surface area contributed by atoms with Crippen molar-refractivity contribution >= 4 is 5.78 Å². The van der Waals surface area contributed by atoms with E-state index in [0.29, 0.717) is 41.8 Å². The molecule has 7 heterocycles. The Bertz CT molecular complexity index is 5180. The van der Waals surface area contributed by atoms with Crippen LogP contribution >= 0.6 is 0 Å². The Morgan fingerprint density at radius 1 is 0.525 bits per heavy atom. The number of aryl methyl sites for hydroxylation is 3. The van der Waals surface area contributed by atoms with Gasteiger partial charge in [0.2, 0.25) is 0 Å². The zero-order valence-corrected chi connectivity index (χ0v) is 56.7. The molecule has 15 nitrogen and oxygen atoms in total. The van der Waals surface area contributed by atoms with Crippen molar-refractivity contribution in [2.45, 2.75) is 136 Å². The number of pyridine rings is 3. The summed E-state index contributed by atoms with van der Waals surface area (Å²) in [4.78, 5) is 55.9. The van der Waals surface area contributed by atoms with Gasteiger partial charge in [-0.15, -0.1) is 0 Å². The van der Waals surface area contributed by atoms with Gasteiger partial charge < -0.3 is 9.63 Å². The van der Waals surface area contributed by atoms with Crippen LogP contribution in [0.2, 0.25) is 0 Å². The number of fused-ring (bicyclic) bond motifs is 10. The fourth-order valence-corrected chi connectivity index (χ4v) is 17.1. The molecule has 0 fully saturated rings. The van der Waals surface area contributed by atoms with Crippen LogP contribution in [0, 0.1) is 90.5 Å². The van der Waals surface area contributed by atoms with Gasteiger partial charge in [0.05, 0.1) is 57.6 Å². The van der Waals surface area contributed by atoms with E-state index in [2.05, 4.69) is 59.9 Å². The van der Waals surface area contributed by atoms with Crippen molar-refractivity contribution in [2.24, 2.45) is 29.6 Å². The van der Waals surface area contributed by atoms with Gasteiger partial charge in [0, 0.05) is 200 Å². The number of aliphatic hydroxyl groups excluding tert-OH is 1. The number of aromatic nitrogens is 10. The van der Waals surface area contributed by atoms with Gasteiger partial charge in [0.15, 0.2) is 23.3 Å². The lowest BCUT2D eigenvalue weighted by atomic mass is 9.56. The average molecular weight is 1470 g/mol. The Morgan fingerprint density at radius 2 is 0.929 bits per heavy atom. The summed E-state index contributed by atoms with van der Waals surface area (Å²) in [5, 5.41) is 34.1. The van der Waals surface area contributed by atoms with Gasteiger partial charge in [-0.3, -0.25) is 19.7 Å². The number of nitrogens with zero attached hydrogens (tertiary/aromatic N) is 12. The third kappa shape index (κ3) is 11.7. The zero-order chi connectivity index (χ0) is 119. The molecule has 18 heteroatoms. The van der Waals surface area contributed by atoms with Crippen molar-refractivity contribution in [3.05, 3.63) is 237 Å². The average Bonchev–Trinajstić information content (AvgIpc) is 1.71. The SMILES string of the molecule is Cc1cc(-c2nc(-c3ccc(F)cc3)c3c(n2)[C@]2(C)C=C(C#N)C(=O)[C@H](C)[C@H]2CC3)ccn1.Cc1cc(-c2nc(-c3ccc(F)cc3)c3c(n2)[C@]2(C)CC(C#N)=C(O)[C@H](C)[C@H]2CC3)ccn1.Cc1cc(-c2nc(-c3ccc(F)cc3)c3c(n2)[C@]2(C)Cc4cnoc4[C@H](C)[C@H]2CC3)ccn1.[3H][3H].[3H][3H].[3H][3H].[3H][3H].[3H][3H].[3H][3H].[3H][3H].[3H][3H].[3H][3H].[3H][3H].[3H][3H].[3H][3H].[3H][3H].[3H][3H].[3H][3H].[3H][3H].[3H][3H].[3H][3H].[3H][3H].[3H][3H].[3H][3H].[3H][3H].[3H][3H].[3H][3H].[3H][3H]. The van der Waals surface area contributed by atoms with Gasteiger partial charge in [-0.1, -0.05) is 52.8 Å². The second-order valence-corrected chi connectivity index (χ2v) is 28.2. The first kappa shape index (κ1) is 42.2. The van der Waals surface area contributed by atoms with E-state index in [1.807, 2.05) is 89.3 Å². The molecule has 7 aromatic heterocycles. The molecule has 0 spiro atoms. The van der Waals surface area contributed by atoms with E-state index < -0.39 is 10.8 Å². The van der Waals surface area contributed by atoms with E-state index in [1.54, 1.807) is 48.9 Å². The largest absolute Gasteiger partial charge is 0.511 e. The number of rotatable bonds is 6. The summed E-state index contributed by atoms with van der Waals surface area (Å²) in [6.45, 7) is 18.5. The zero-order valence-electron chi connectivity index (χ0n) is 107. The topological polar surface area (TPSA) is 227 Å². The Labute approximate surface area is 650 Å². The molecule has 6 aliphatic carbocycles. The number of Topliss-reactive ketones (excluding diaryl/α,β-unsaturated/α-hetero) is 1. The number of benzene rings is 3. The standard InChI is InChI=1S/2C27H25FN4O.C27H23FN4O.25H2/c1-15-12-18(10-11-29-15)26-31-23(17-4-6-20(28)7-5-17)21-8-9-22-16(2)24-19(14-30-33-24)13-27(22,3)25(21)32-26;2*1-15-12-18(10-11-30-15)26-31-23(17-4-6-20(28)7-5-17)21-8-9-22-16(2)24(33)19(14-29)13-27(22,3)25(21)32-26;;;;;;;;;;;;;;;;;;;;;;;;;/h4-7,10-12,14,16,22H,8-9,13H2,1-3H3;4-7,10-12,16,22,33H,8-9,13H2,1-3H3;4-7,10-13,16,22H,8-9H2,1-3H3;25*1H/t3*16-,22-,27-;;;;;;;;;;;;;;;;;;;;;;;;;/m111........................./s1/i;;;25*1+2T. The predicted molar refractivity (Wildman–Crippen MR) is 422 cm³/mol. The van der Waals surface area contributed by atoms with Crippen molar-refractivity contribution in [3.8, 4) is 80.1 Å². The number of halogens is 3. The van der Waals surface area contributed by atoms with Gasteiger partial charge in [0.1, 0.15) is 35.0 Å². The number of allylic oxidation sites excluding steroid dienone is 4. The van der Waals surface area contributed by atoms with Crippen molar-refractivity contribution < 1.29 is 102 Å². The molecule has 6 aliphatic rings. The van der Waals surface area contributed by atoms with Crippen LogP contribution in [0.25, 0.3) is 67.9 Å². The van der Waals surface area contributed by atoms with E-state index in [1.165, 1.54) is 42.0 Å². The molecule has 9 atom stereocenters. The molecule has 546 valence electrons. The fourth-order valence-electron chi connectivity index (χ4n) is 17.1. The van der Waals surface area contributed by atoms with E-state index in [4.69, 9.17) is 109 Å². The lowest BCUT2D eigenvalue weighted by Crippen LogP contribution is -2.46. The first-order valence-electron chi connectivity index (χ1n) is 58.8. The van der Waals surface area contributed by atoms with Crippen LogP contribution in [0.3, 0.4) is 0 Å². The van der Waals surface area contributed by atoms with Crippen LogP contribution in [0.4, 0.5) is 13.2 Å². The Kier molecular flexibility index (Phi) is 10.9. The highest BCUT2D eigenvalue weighted by Gasteiger charge is 2.53. The Morgan fingerprint density at radius 3 is 1.35 bits per heavy atom. The van der Waals surface area contributed by atoms with Crippen molar-refractivity contribution in [1.82, 2.24) is 50.0 Å². The molecule has 0 amide bonds. The van der Waals surface area contributed by atoms with Crippen LogP contribution in [0.15, 0.2) is 161 Å². The number of aliphatic hydroxyl groups is 1. The first-order valence-corrected chi connectivity index (χ1v) is 33.8. The summed E-state index contributed by atoms with van der Waals surface area (Å²) >= 11 is 0. The lowest BCUT2D eigenvalue weighted by molar-refractivity contribution is -0.121. The monoisotopic (exact) mass is 1470 g/mol. The number of hydrogen-bond donors (Lipinski definition) is 1. The molecule has 0 saturated heterocycles. The number of carbonyl (C=O) groups is 1. The van der Waals surface area contributed by atoms with Gasteiger partial charge >= 0.3 is 0 Å². The molecule has 0 unspecified atom stereocenters. The number of ketones is 1. The quantitative estimate of drug-likeness (QED) is 0.163. The van der Waals surface area contributed by atoms with Crippen molar-refractivity contribution in [2.75, 3.05) is 0 Å². The summed E-state index contributed by atoms with van der Waals surface area (Å²) in [5.41, 5.74) is 17.0. The van der Waals surface area contributed by atoms with Crippen molar-refractivity contribution in [1.29, 1.82) is 10.5 Å². The van der Waals surface area contributed by atoms with Crippen LogP contribution in [0.5, 0.6) is 0 Å². The second-order valence-electron chi connectivity index (χ2n) is 28.2. The summed E-state index contributed by atoms with van der Waals surface area (Å²) in [6, 6.07) is 35.3. The maximum atomic E-state index is 13.7. The summed E-state index contributed by atoms with van der Waals surface area (Å²) in [6.07, 6.45) is 15.2. The summed E-state index contributed by atoms with van der Waals surface area (Å²) in [5.74, 6) is 2.58. The maximum Gasteiger partial charge on any atom is 0.176 e. The van der Waals surface area contributed by atoms with Gasteiger partial charge in [0.25, 0.3) is 0 Å². The van der Waals surface area contributed by atoms with Gasteiger partial charge in [-0.2, -0.15) is 10.5 Å². The summed E-state index contributed by atoms with van der Waals surface area (Å²) < 4.78 is 297.